The quantitative estimate of drug-likeness (QED) is 0.521. The van der Waals surface area contributed by atoms with Gasteiger partial charge in [0.05, 0.1) is 20.3 Å². The average molecular weight is 197 g/mol. The molecule has 0 aliphatic heterocycles. The minimum Gasteiger partial charge on any atom is -0.496 e. The number of aliphatic hydroxyl groups is 1. The van der Waals surface area contributed by atoms with Crippen LogP contribution < -0.4 is 10.2 Å². The first kappa shape index (κ1) is 11.0. The minimum atomic E-state index is 0.0128. The molecule has 0 unspecified atom stereocenters. The molecule has 14 heavy (non-hydrogen) atoms. The molecule has 0 aliphatic rings. The molecule has 78 valence electrons. The zero-order valence-corrected chi connectivity index (χ0v) is 8.19. The summed E-state index contributed by atoms with van der Waals surface area (Å²) in [7, 11) is 1.63. The lowest BCUT2D eigenvalue weighted by molar-refractivity contribution is 0.0135. The largest absolute Gasteiger partial charge is 0.496 e. The van der Waals surface area contributed by atoms with Crippen LogP contribution in [0.1, 0.15) is 5.56 Å². The van der Waals surface area contributed by atoms with Gasteiger partial charge in [-0.1, -0.05) is 18.2 Å². The summed E-state index contributed by atoms with van der Waals surface area (Å²) in [6.45, 7) is 0.859. The number of nitrogens with one attached hydrogen (secondary N) is 1. The van der Waals surface area contributed by atoms with Crippen LogP contribution in [0.2, 0.25) is 0 Å². The number of methoxy groups -OCH3 is 1. The van der Waals surface area contributed by atoms with E-state index < -0.39 is 0 Å². The third-order valence-electron chi connectivity index (χ3n) is 1.75. The third kappa shape index (κ3) is 3.33. The Balaban J connectivity index is 2.41. The lowest BCUT2D eigenvalue weighted by Crippen LogP contribution is -2.16. The molecule has 0 spiro atoms. The monoisotopic (exact) mass is 197 g/mol. The van der Waals surface area contributed by atoms with Crippen LogP contribution in [0.3, 0.4) is 0 Å². The molecule has 0 atom stereocenters. The molecule has 2 N–H and O–H groups in total. The van der Waals surface area contributed by atoms with Gasteiger partial charge in [0.15, 0.2) is 0 Å². The Kier molecular flexibility index (Phi) is 4.99. The molecule has 0 aliphatic carbocycles. The summed E-state index contributed by atoms with van der Waals surface area (Å²) in [6.07, 6.45) is 0. The molecule has 0 amide bonds. The summed E-state index contributed by atoms with van der Waals surface area (Å²) < 4.78 is 5.16. The van der Waals surface area contributed by atoms with Gasteiger partial charge >= 0.3 is 0 Å². The van der Waals surface area contributed by atoms with Crippen molar-refractivity contribution in [1.29, 1.82) is 0 Å². The van der Waals surface area contributed by atoms with Crippen molar-refractivity contribution in [1.82, 2.24) is 5.48 Å². The Morgan fingerprint density at radius 1 is 1.36 bits per heavy atom. The number of aliphatic hydroxyl groups excluding tert-OH is 1. The molecule has 0 saturated heterocycles. The molecule has 1 rings (SSSR count). The molecule has 0 heterocycles. The summed E-state index contributed by atoms with van der Waals surface area (Å²) in [4.78, 5) is 4.93. The van der Waals surface area contributed by atoms with Gasteiger partial charge in [0.2, 0.25) is 0 Å². The van der Waals surface area contributed by atoms with Gasteiger partial charge in [-0.15, -0.1) is 0 Å². The van der Waals surface area contributed by atoms with Gasteiger partial charge in [0.1, 0.15) is 5.75 Å². The Labute approximate surface area is 83.4 Å². The topological polar surface area (TPSA) is 50.7 Å². The lowest BCUT2D eigenvalue weighted by Gasteiger charge is -2.08. The van der Waals surface area contributed by atoms with Crippen LogP contribution in [0.4, 0.5) is 0 Å². The Morgan fingerprint density at radius 2 is 2.14 bits per heavy atom. The zero-order valence-electron chi connectivity index (χ0n) is 8.19. The molecule has 1 aromatic rings. The fraction of sp³-hybridized carbons (Fsp3) is 0.400. The fourth-order valence-corrected chi connectivity index (χ4v) is 1.10. The molecule has 1 aromatic carbocycles. The SMILES string of the molecule is COc1ccccc1CNOCCO. The number of ether oxygens (including phenoxy) is 1. The van der Waals surface area contributed by atoms with Crippen LogP contribution in [-0.4, -0.2) is 25.4 Å². The molecule has 4 heteroatoms. The normalized spacial score (nSPS) is 10.1. The molecule has 4 nitrogen and oxygen atoms in total. The van der Waals surface area contributed by atoms with Gasteiger partial charge < -0.3 is 9.84 Å². The van der Waals surface area contributed by atoms with Gasteiger partial charge in [-0.05, 0) is 6.07 Å². The first-order valence-corrected chi connectivity index (χ1v) is 4.46. The van der Waals surface area contributed by atoms with E-state index in [9.17, 15) is 0 Å². The highest BCUT2D eigenvalue weighted by atomic mass is 16.6. The number of hydroxylamine groups is 1. The van der Waals surface area contributed by atoms with Crippen molar-refractivity contribution < 1.29 is 14.7 Å². The van der Waals surface area contributed by atoms with E-state index in [2.05, 4.69) is 5.48 Å². The molecule has 0 bridgehead atoms. The molecule has 0 radical (unpaired) electrons. The summed E-state index contributed by atoms with van der Waals surface area (Å²) in [5.41, 5.74) is 3.76. The van der Waals surface area contributed by atoms with Gasteiger partial charge in [0, 0.05) is 12.1 Å². The van der Waals surface area contributed by atoms with Crippen molar-refractivity contribution in [2.45, 2.75) is 6.54 Å². The Bertz CT molecular complexity index is 265. The number of para-hydroxylation sites is 1. The summed E-state index contributed by atoms with van der Waals surface area (Å²) in [5.74, 6) is 0.826. The molecule has 0 saturated carbocycles. The average Bonchev–Trinajstić information content (AvgIpc) is 2.25. The number of hydrogen-bond acceptors (Lipinski definition) is 4. The Hall–Kier alpha value is -1.10. The highest BCUT2D eigenvalue weighted by Crippen LogP contribution is 2.16. The van der Waals surface area contributed by atoms with E-state index in [1.54, 1.807) is 7.11 Å². The van der Waals surface area contributed by atoms with Gasteiger partial charge in [-0.3, -0.25) is 4.84 Å². The van der Waals surface area contributed by atoms with E-state index in [1.807, 2.05) is 24.3 Å². The first-order valence-electron chi connectivity index (χ1n) is 4.46. The highest BCUT2D eigenvalue weighted by molar-refractivity contribution is 5.32. The Morgan fingerprint density at radius 3 is 2.86 bits per heavy atom. The van der Waals surface area contributed by atoms with E-state index >= 15 is 0 Å². The lowest BCUT2D eigenvalue weighted by atomic mass is 10.2. The van der Waals surface area contributed by atoms with Crippen molar-refractivity contribution in [3.63, 3.8) is 0 Å². The number of benzene rings is 1. The number of hydrogen-bond donors (Lipinski definition) is 2. The fourth-order valence-electron chi connectivity index (χ4n) is 1.10. The predicted octanol–water partition coefficient (Wildman–Crippen LogP) is 0.709. The summed E-state index contributed by atoms with van der Waals surface area (Å²) in [5, 5.41) is 8.47. The maximum Gasteiger partial charge on any atom is 0.123 e. The number of rotatable bonds is 6. The van der Waals surface area contributed by atoms with Crippen molar-refractivity contribution in [2.75, 3.05) is 20.3 Å². The predicted molar refractivity (Wildman–Crippen MR) is 52.9 cm³/mol. The zero-order chi connectivity index (χ0) is 10.2. The van der Waals surface area contributed by atoms with Crippen LogP contribution in [0.5, 0.6) is 5.75 Å². The van der Waals surface area contributed by atoms with Crippen molar-refractivity contribution in [3.05, 3.63) is 29.8 Å². The highest BCUT2D eigenvalue weighted by Gasteiger charge is 1.99. The van der Waals surface area contributed by atoms with E-state index in [0.717, 1.165) is 11.3 Å². The van der Waals surface area contributed by atoms with Crippen LogP contribution in [0, 0.1) is 0 Å². The van der Waals surface area contributed by atoms with Gasteiger partial charge in [0.25, 0.3) is 0 Å². The van der Waals surface area contributed by atoms with Crippen molar-refractivity contribution in [3.8, 4) is 5.75 Å². The van der Waals surface area contributed by atoms with E-state index in [4.69, 9.17) is 14.7 Å². The molecule has 0 fully saturated rings. The maximum atomic E-state index is 8.47. The van der Waals surface area contributed by atoms with Gasteiger partial charge in [-0.25, -0.2) is 0 Å². The minimum absolute atomic E-state index is 0.0128. The standard InChI is InChI=1S/C10H15NO3/c1-13-10-5-3-2-4-9(10)8-11-14-7-6-12/h2-5,11-12H,6-8H2,1H3. The van der Waals surface area contributed by atoms with Crippen LogP contribution in [-0.2, 0) is 11.4 Å². The van der Waals surface area contributed by atoms with Crippen LogP contribution in [0.15, 0.2) is 24.3 Å². The second-order valence-corrected chi connectivity index (χ2v) is 2.71. The summed E-state index contributed by atoms with van der Waals surface area (Å²) in [6, 6.07) is 7.69. The second kappa shape index (κ2) is 6.37. The van der Waals surface area contributed by atoms with Crippen molar-refractivity contribution >= 4 is 0 Å². The maximum absolute atomic E-state index is 8.47. The van der Waals surface area contributed by atoms with E-state index in [0.29, 0.717) is 6.54 Å². The third-order valence-corrected chi connectivity index (χ3v) is 1.75. The molecular formula is C10H15NO3. The smallest absolute Gasteiger partial charge is 0.123 e. The first-order chi connectivity index (χ1) is 6.88. The summed E-state index contributed by atoms with van der Waals surface area (Å²) >= 11 is 0. The molecule has 0 aromatic heterocycles. The molecular weight excluding hydrogens is 182 g/mol. The van der Waals surface area contributed by atoms with E-state index in [-0.39, 0.29) is 13.2 Å². The second-order valence-electron chi connectivity index (χ2n) is 2.71. The van der Waals surface area contributed by atoms with Crippen LogP contribution in [0.25, 0.3) is 0 Å². The van der Waals surface area contributed by atoms with E-state index in [1.165, 1.54) is 0 Å². The van der Waals surface area contributed by atoms with Crippen molar-refractivity contribution in [2.24, 2.45) is 0 Å². The van der Waals surface area contributed by atoms with Crippen LogP contribution >= 0.6 is 0 Å². The van der Waals surface area contributed by atoms with Gasteiger partial charge in [-0.2, -0.15) is 5.48 Å².